The molecule has 3 rings (SSSR count). The number of aryl methyl sites for hydroxylation is 1. The van der Waals surface area contributed by atoms with Gasteiger partial charge in [-0.2, -0.15) is 5.10 Å². The van der Waals surface area contributed by atoms with Gasteiger partial charge in [-0.15, -0.1) is 0 Å². The maximum Gasteiger partial charge on any atom is 0.266 e. The third kappa shape index (κ3) is 4.85. The van der Waals surface area contributed by atoms with Crippen LogP contribution in [0.2, 0.25) is 0 Å². The Morgan fingerprint density at radius 3 is 2.64 bits per heavy atom. The summed E-state index contributed by atoms with van der Waals surface area (Å²) in [6.45, 7) is 2.14. The Balaban J connectivity index is 1.67. The van der Waals surface area contributed by atoms with Crippen LogP contribution in [-0.2, 0) is 11.3 Å². The quantitative estimate of drug-likeness (QED) is 0.686. The van der Waals surface area contributed by atoms with E-state index in [1.54, 1.807) is 13.2 Å². The normalized spacial score (nSPS) is 11.6. The standard InChI is InChI=1S/C22H23N3O3/c1-16(17-7-4-3-5-8-17)23-21(26)13-14-25-22(27)12-11-20(24-25)18-9-6-10-19(15-18)28-2/h3-12,15-16H,13-14H2,1-2H3,(H,23,26)/t16-/m0/s1. The summed E-state index contributed by atoms with van der Waals surface area (Å²) in [6.07, 6.45) is 0.172. The molecule has 1 aromatic heterocycles. The molecule has 0 aliphatic rings. The fourth-order valence-electron chi connectivity index (χ4n) is 2.89. The zero-order valence-electron chi connectivity index (χ0n) is 16.0. The van der Waals surface area contributed by atoms with Crippen LogP contribution >= 0.6 is 0 Å². The summed E-state index contributed by atoms with van der Waals surface area (Å²) in [6, 6.07) is 20.2. The lowest BCUT2D eigenvalue weighted by Gasteiger charge is -2.14. The van der Waals surface area contributed by atoms with E-state index in [1.165, 1.54) is 10.7 Å². The molecule has 0 fully saturated rings. The molecule has 0 saturated heterocycles. The Bertz CT molecular complexity index is 999. The summed E-state index contributed by atoms with van der Waals surface area (Å²) < 4.78 is 6.55. The van der Waals surface area contributed by atoms with E-state index < -0.39 is 0 Å². The number of methoxy groups -OCH3 is 1. The molecule has 1 atom stereocenters. The smallest absolute Gasteiger partial charge is 0.266 e. The molecule has 3 aromatic rings. The molecule has 0 aliphatic heterocycles. The molecule has 0 saturated carbocycles. The average Bonchev–Trinajstić information content (AvgIpc) is 2.73. The van der Waals surface area contributed by atoms with E-state index in [0.29, 0.717) is 11.4 Å². The highest BCUT2D eigenvalue weighted by molar-refractivity contribution is 5.76. The van der Waals surface area contributed by atoms with Crippen molar-refractivity contribution in [3.05, 3.63) is 82.6 Å². The maximum absolute atomic E-state index is 12.3. The van der Waals surface area contributed by atoms with Crippen LogP contribution in [0.15, 0.2) is 71.5 Å². The lowest BCUT2D eigenvalue weighted by molar-refractivity contribution is -0.122. The van der Waals surface area contributed by atoms with Crippen LogP contribution in [0.1, 0.15) is 24.9 Å². The van der Waals surface area contributed by atoms with Crippen molar-refractivity contribution in [1.29, 1.82) is 0 Å². The van der Waals surface area contributed by atoms with Crippen molar-refractivity contribution in [3.63, 3.8) is 0 Å². The van der Waals surface area contributed by atoms with Crippen molar-refractivity contribution >= 4 is 5.91 Å². The van der Waals surface area contributed by atoms with Gasteiger partial charge in [0.05, 0.1) is 25.4 Å². The van der Waals surface area contributed by atoms with Crippen molar-refractivity contribution in [2.24, 2.45) is 0 Å². The minimum Gasteiger partial charge on any atom is -0.497 e. The first-order valence-electron chi connectivity index (χ1n) is 9.14. The summed E-state index contributed by atoms with van der Waals surface area (Å²) in [5, 5.41) is 7.34. The number of carbonyl (C=O) groups is 1. The second-order valence-electron chi connectivity index (χ2n) is 6.46. The number of carbonyl (C=O) groups excluding carboxylic acids is 1. The van der Waals surface area contributed by atoms with Gasteiger partial charge in [0.1, 0.15) is 5.75 Å². The van der Waals surface area contributed by atoms with Crippen molar-refractivity contribution in [1.82, 2.24) is 15.1 Å². The molecule has 6 nitrogen and oxygen atoms in total. The topological polar surface area (TPSA) is 73.2 Å². The third-order valence-corrected chi connectivity index (χ3v) is 4.46. The van der Waals surface area contributed by atoms with E-state index in [-0.39, 0.29) is 30.5 Å². The molecule has 0 aliphatic carbocycles. The molecule has 144 valence electrons. The van der Waals surface area contributed by atoms with Gasteiger partial charge < -0.3 is 10.1 Å². The van der Waals surface area contributed by atoms with Gasteiger partial charge in [-0.3, -0.25) is 9.59 Å². The van der Waals surface area contributed by atoms with Crippen LogP contribution in [0.4, 0.5) is 0 Å². The number of nitrogens with zero attached hydrogens (tertiary/aromatic N) is 2. The van der Waals surface area contributed by atoms with Gasteiger partial charge in [0.2, 0.25) is 5.91 Å². The van der Waals surface area contributed by atoms with Crippen LogP contribution in [0.25, 0.3) is 11.3 Å². The molecule has 28 heavy (non-hydrogen) atoms. The zero-order valence-corrected chi connectivity index (χ0v) is 16.0. The number of benzene rings is 2. The monoisotopic (exact) mass is 377 g/mol. The Kier molecular flexibility index (Phi) is 6.22. The van der Waals surface area contributed by atoms with Crippen LogP contribution in [0, 0.1) is 0 Å². The summed E-state index contributed by atoms with van der Waals surface area (Å²) in [4.78, 5) is 24.4. The number of ether oxygens (including phenoxy) is 1. The predicted octanol–water partition coefficient (Wildman–Crippen LogP) is 3.19. The van der Waals surface area contributed by atoms with Crippen LogP contribution in [0.5, 0.6) is 5.75 Å². The van der Waals surface area contributed by atoms with E-state index in [9.17, 15) is 9.59 Å². The molecule has 1 N–H and O–H groups in total. The summed E-state index contributed by atoms with van der Waals surface area (Å²) in [5.74, 6) is 0.586. The number of hydrogen-bond acceptors (Lipinski definition) is 4. The van der Waals surface area contributed by atoms with Gasteiger partial charge in [0.25, 0.3) is 5.56 Å². The Hall–Kier alpha value is -3.41. The third-order valence-electron chi connectivity index (χ3n) is 4.46. The second kappa shape index (κ2) is 8.99. The lowest BCUT2D eigenvalue weighted by atomic mass is 10.1. The van der Waals surface area contributed by atoms with Gasteiger partial charge in [-0.1, -0.05) is 42.5 Å². The fraction of sp³-hybridized carbons (Fsp3) is 0.227. The summed E-state index contributed by atoms with van der Waals surface area (Å²) in [5.41, 5.74) is 2.29. The largest absolute Gasteiger partial charge is 0.497 e. The van der Waals surface area contributed by atoms with Crippen molar-refractivity contribution < 1.29 is 9.53 Å². The summed E-state index contributed by atoms with van der Waals surface area (Å²) >= 11 is 0. The highest BCUT2D eigenvalue weighted by atomic mass is 16.5. The highest BCUT2D eigenvalue weighted by Gasteiger charge is 2.11. The van der Waals surface area contributed by atoms with E-state index in [0.717, 1.165) is 11.1 Å². The van der Waals surface area contributed by atoms with Crippen molar-refractivity contribution in [2.75, 3.05) is 7.11 Å². The first kappa shape index (κ1) is 19.4. The molecular formula is C22H23N3O3. The van der Waals surface area contributed by atoms with E-state index in [2.05, 4.69) is 10.4 Å². The Morgan fingerprint density at radius 1 is 1.11 bits per heavy atom. The maximum atomic E-state index is 12.3. The summed E-state index contributed by atoms with van der Waals surface area (Å²) in [7, 11) is 1.60. The van der Waals surface area contributed by atoms with Crippen molar-refractivity contribution in [2.45, 2.75) is 25.9 Å². The van der Waals surface area contributed by atoms with Gasteiger partial charge in [-0.25, -0.2) is 4.68 Å². The molecule has 0 spiro atoms. The highest BCUT2D eigenvalue weighted by Crippen LogP contribution is 2.21. The SMILES string of the molecule is COc1cccc(-c2ccc(=O)n(CCC(=O)N[C@@H](C)c3ccccc3)n2)c1. The number of rotatable bonds is 7. The molecule has 0 unspecified atom stereocenters. The number of nitrogens with one attached hydrogen (secondary N) is 1. The Labute approximate surface area is 163 Å². The van der Waals surface area contributed by atoms with Gasteiger partial charge >= 0.3 is 0 Å². The van der Waals surface area contributed by atoms with E-state index in [1.807, 2.05) is 61.5 Å². The van der Waals surface area contributed by atoms with Gasteiger partial charge in [-0.05, 0) is 30.7 Å². The minimum absolute atomic E-state index is 0.0958. The molecular weight excluding hydrogens is 354 g/mol. The Morgan fingerprint density at radius 2 is 1.89 bits per heavy atom. The number of hydrogen-bond donors (Lipinski definition) is 1. The molecule has 6 heteroatoms. The lowest BCUT2D eigenvalue weighted by Crippen LogP contribution is -2.30. The first-order valence-corrected chi connectivity index (χ1v) is 9.14. The fourth-order valence-corrected chi connectivity index (χ4v) is 2.89. The minimum atomic E-state index is -0.240. The number of aromatic nitrogens is 2. The second-order valence-corrected chi connectivity index (χ2v) is 6.46. The van der Waals surface area contributed by atoms with Gasteiger partial charge in [0, 0.05) is 18.1 Å². The number of amides is 1. The molecule has 2 aromatic carbocycles. The predicted molar refractivity (Wildman–Crippen MR) is 108 cm³/mol. The van der Waals surface area contributed by atoms with E-state index in [4.69, 9.17) is 4.74 Å². The molecule has 0 radical (unpaired) electrons. The first-order chi connectivity index (χ1) is 13.6. The van der Waals surface area contributed by atoms with Gasteiger partial charge in [0.15, 0.2) is 0 Å². The van der Waals surface area contributed by atoms with Crippen LogP contribution < -0.4 is 15.6 Å². The molecule has 1 amide bonds. The zero-order chi connectivity index (χ0) is 19.9. The molecule has 1 heterocycles. The average molecular weight is 377 g/mol. The van der Waals surface area contributed by atoms with Crippen LogP contribution in [0.3, 0.4) is 0 Å². The van der Waals surface area contributed by atoms with Crippen molar-refractivity contribution in [3.8, 4) is 17.0 Å². The molecule has 0 bridgehead atoms. The van der Waals surface area contributed by atoms with Crippen LogP contribution in [-0.4, -0.2) is 22.8 Å². The van der Waals surface area contributed by atoms with E-state index >= 15 is 0 Å².